The largest absolute Gasteiger partial charge is 0.465 e. The molecule has 1 heterocycles. The summed E-state index contributed by atoms with van der Waals surface area (Å²) in [6, 6.07) is 7.66. The Kier molecular flexibility index (Phi) is 6.99. The molecule has 1 unspecified atom stereocenters. The third-order valence-corrected chi connectivity index (χ3v) is 3.69. The van der Waals surface area contributed by atoms with Crippen molar-refractivity contribution in [2.24, 2.45) is 11.7 Å². The third kappa shape index (κ3) is 4.47. The normalized spacial score (nSPS) is 19.2. The van der Waals surface area contributed by atoms with E-state index >= 15 is 0 Å². The van der Waals surface area contributed by atoms with Crippen LogP contribution in [0.15, 0.2) is 24.3 Å². The minimum Gasteiger partial charge on any atom is -0.465 e. The van der Waals surface area contributed by atoms with Gasteiger partial charge in [0, 0.05) is 13.1 Å². The van der Waals surface area contributed by atoms with E-state index in [1.165, 1.54) is 20.0 Å². The van der Waals surface area contributed by atoms with Crippen LogP contribution in [-0.2, 0) is 11.3 Å². The molecule has 5 heteroatoms. The first kappa shape index (κ1) is 17.0. The fraction of sp³-hybridized carbons (Fsp3) is 0.533. The Hall–Kier alpha value is -1.10. The van der Waals surface area contributed by atoms with E-state index in [0.717, 1.165) is 31.7 Å². The van der Waals surface area contributed by atoms with Crippen LogP contribution >= 0.6 is 12.4 Å². The number of hydrogen-bond acceptors (Lipinski definition) is 4. The second kappa shape index (κ2) is 8.25. The first-order valence-electron chi connectivity index (χ1n) is 6.82. The molecule has 1 aliphatic heterocycles. The van der Waals surface area contributed by atoms with Crippen molar-refractivity contribution in [2.45, 2.75) is 19.4 Å². The SMILES string of the molecule is COC(=O)c1cccc(CN2CCCC(CN)C2)c1.Cl. The number of piperidine rings is 1. The Balaban J connectivity index is 0.00000200. The number of hydrogen-bond donors (Lipinski definition) is 1. The molecule has 0 spiro atoms. The maximum absolute atomic E-state index is 11.5. The number of rotatable bonds is 4. The molecule has 0 amide bonds. The summed E-state index contributed by atoms with van der Waals surface area (Å²) in [6.45, 7) is 3.80. The summed E-state index contributed by atoms with van der Waals surface area (Å²) < 4.78 is 4.75. The molecular formula is C15H23ClN2O2. The zero-order valence-corrected chi connectivity index (χ0v) is 12.7. The Morgan fingerprint density at radius 1 is 1.50 bits per heavy atom. The van der Waals surface area contributed by atoms with E-state index in [4.69, 9.17) is 10.5 Å². The van der Waals surface area contributed by atoms with E-state index in [-0.39, 0.29) is 18.4 Å². The Morgan fingerprint density at radius 3 is 3.00 bits per heavy atom. The molecule has 1 saturated heterocycles. The number of nitrogens with two attached hydrogens (primary N) is 1. The standard InChI is InChI=1S/C15H22N2O2.ClH/c1-19-15(18)14-6-2-4-12(8-14)10-17-7-3-5-13(9-16)11-17;/h2,4,6,8,13H,3,5,7,9-11,16H2,1H3;1H. The highest BCUT2D eigenvalue weighted by Crippen LogP contribution is 2.18. The molecule has 1 atom stereocenters. The fourth-order valence-corrected chi connectivity index (χ4v) is 2.66. The topological polar surface area (TPSA) is 55.6 Å². The molecule has 1 aromatic rings. The fourth-order valence-electron chi connectivity index (χ4n) is 2.66. The van der Waals surface area contributed by atoms with E-state index in [9.17, 15) is 4.79 Å². The van der Waals surface area contributed by atoms with Gasteiger partial charge in [0.1, 0.15) is 0 Å². The van der Waals surface area contributed by atoms with Gasteiger partial charge in [-0.2, -0.15) is 0 Å². The van der Waals surface area contributed by atoms with Crippen molar-refractivity contribution < 1.29 is 9.53 Å². The summed E-state index contributed by atoms with van der Waals surface area (Å²) in [7, 11) is 1.41. The van der Waals surface area contributed by atoms with Gasteiger partial charge in [0.25, 0.3) is 0 Å². The van der Waals surface area contributed by atoms with Gasteiger partial charge >= 0.3 is 5.97 Å². The lowest BCUT2D eigenvalue weighted by Gasteiger charge is -2.32. The molecule has 1 aliphatic rings. The molecule has 0 bridgehead atoms. The average Bonchev–Trinajstić information content (AvgIpc) is 2.47. The second-order valence-electron chi connectivity index (χ2n) is 5.17. The highest BCUT2D eigenvalue weighted by molar-refractivity contribution is 5.89. The Labute approximate surface area is 126 Å². The van der Waals surface area contributed by atoms with E-state index in [0.29, 0.717) is 11.5 Å². The first-order chi connectivity index (χ1) is 9.22. The molecular weight excluding hydrogens is 276 g/mol. The maximum atomic E-state index is 11.5. The molecule has 112 valence electrons. The summed E-state index contributed by atoms with van der Waals surface area (Å²) >= 11 is 0. The third-order valence-electron chi connectivity index (χ3n) is 3.69. The molecule has 0 radical (unpaired) electrons. The number of ether oxygens (including phenoxy) is 1. The number of nitrogens with zero attached hydrogens (tertiary/aromatic N) is 1. The highest BCUT2D eigenvalue weighted by atomic mass is 35.5. The van der Waals surface area contributed by atoms with Crippen molar-refractivity contribution in [3.8, 4) is 0 Å². The predicted molar refractivity (Wildman–Crippen MR) is 82.1 cm³/mol. The van der Waals surface area contributed by atoms with E-state index in [2.05, 4.69) is 11.0 Å². The molecule has 1 aromatic carbocycles. The highest BCUT2D eigenvalue weighted by Gasteiger charge is 2.18. The van der Waals surface area contributed by atoms with Crippen molar-refractivity contribution in [2.75, 3.05) is 26.7 Å². The lowest BCUT2D eigenvalue weighted by Crippen LogP contribution is -2.37. The summed E-state index contributed by atoms with van der Waals surface area (Å²) in [5, 5.41) is 0. The first-order valence-corrected chi connectivity index (χ1v) is 6.82. The van der Waals surface area contributed by atoms with E-state index < -0.39 is 0 Å². The monoisotopic (exact) mass is 298 g/mol. The van der Waals surface area contributed by atoms with Crippen LogP contribution in [-0.4, -0.2) is 37.6 Å². The second-order valence-corrected chi connectivity index (χ2v) is 5.17. The molecule has 1 fully saturated rings. The zero-order valence-electron chi connectivity index (χ0n) is 11.9. The number of carbonyl (C=O) groups is 1. The number of carbonyl (C=O) groups excluding carboxylic acids is 1. The molecule has 2 N–H and O–H groups in total. The molecule has 0 aliphatic carbocycles. The number of likely N-dealkylation sites (tertiary alicyclic amines) is 1. The van der Waals surface area contributed by atoms with Crippen molar-refractivity contribution in [1.29, 1.82) is 0 Å². The van der Waals surface area contributed by atoms with E-state index in [1.54, 1.807) is 6.07 Å². The van der Waals surface area contributed by atoms with Gasteiger partial charge in [-0.3, -0.25) is 4.90 Å². The average molecular weight is 299 g/mol. The number of methoxy groups -OCH3 is 1. The van der Waals surface area contributed by atoms with Gasteiger partial charge in [-0.15, -0.1) is 12.4 Å². The minimum atomic E-state index is -0.277. The van der Waals surface area contributed by atoms with Crippen molar-refractivity contribution in [1.82, 2.24) is 4.90 Å². The van der Waals surface area contributed by atoms with Crippen LogP contribution in [0.3, 0.4) is 0 Å². The van der Waals surface area contributed by atoms with Gasteiger partial charge in [-0.05, 0) is 49.5 Å². The maximum Gasteiger partial charge on any atom is 0.337 e. The zero-order chi connectivity index (χ0) is 13.7. The number of esters is 1. The van der Waals surface area contributed by atoms with E-state index in [1.807, 2.05) is 12.1 Å². The van der Waals surface area contributed by atoms with Gasteiger partial charge in [0.05, 0.1) is 12.7 Å². The molecule has 4 nitrogen and oxygen atoms in total. The van der Waals surface area contributed by atoms with Crippen molar-refractivity contribution in [3.05, 3.63) is 35.4 Å². The van der Waals surface area contributed by atoms with Gasteiger partial charge in [0.2, 0.25) is 0 Å². The lowest BCUT2D eigenvalue weighted by molar-refractivity contribution is 0.0600. The van der Waals surface area contributed by atoms with Gasteiger partial charge in [-0.25, -0.2) is 4.79 Å². The van der Waals surface area contributed by atoms with Crippen molar-refractivity contribution in [3.63, 3.8) is 0 Å². The lowest BCUT2D eigenvalue weighted by atomic mass is 9.98. The molecule has 0 aromatic heterocycles. The quantitative estimate of drug-likeness (QED) is 0.865. The van der Waals surface area contributed by atoms with Crippen LogP contribution in [0.4, 0.5) is 0 Å². The summed E-state index contributed by atoms with van der Waals surface area (Å²) in [5.41, 5.74) is 7.52. The van der Waals surface area contributed by atoms with Crippen LogP contribution < -0.4 is 5.73 Å². The number of halogens is 1. The molecule has 0 saturated carbocycles. The van der Waals surface area contributed by atoms with Gasteiger partial charge in [0.15, 0.2) is 0 Å². The summed E-state index contributed by atoms with van der Waals surface area (Å²) in [4.78, 5) is 13.9. The predicted octanol–water partition coefficient (Wildman–Crippen LogP) is 2.07. The minimum absolute atomic E-state index is 0. The molecule has 2 rings (SSSR count). The van der Waals surface area contributed by atoms with Crippen LogP contribution in [0.5, 0.6) is 0 Å². The Morgan fingerprint density at radius 2 is 2.30 bits per heavy atom. The summed E-state index contributed by atoms with van der Waals surface area (Å²) in [5.74, 6) is 0.331. The van der Waals surface area contributed by atoms with Crippen LogP contribution in [0.1, 0.15) is 28.8 Å². The molecule has 20 heavy (non-hydrogen) atoms. The van der Waals surface area contributed by atoms with Crippen molar-refractivity contribution >= 4 is 18.4 Å². The van der Waals surface area contributed by atoms with Gasteiger partial charge in [-0.1, -0.05) is 12.1 Å². The van der Waals surface area contributed by atoms with Crippen LogP contribution in [0, 0.1) is 5.92 Å². The Bertz CT molecular complexity index is 440. The summed E-state index contributed by atoms with van der Waals surface area (Å²) in [6.07, 6.45) is 2.44. The smallest absolute Gasteiger partial charge is 0.337 e. The van der Waals surface area contributed by atoms with Crippen LogP contribution in [0.25, 0.3) is 0 Å². The number of benzene rings is 1. The van der Waals surface area contributed by atoms with Gasteiger partial charge < -0.3 is 10.5 Å². The van der Waals surface area contributed by atoms with Crippen LogP contribution in [0.2, 0.25) is 0 Å².